The van der Waals surface area contributed by atoms with E-state index < -0.39 is 17.4 Å². The summed E-state index contributed by atoms with van der Waals surface area (Å²) in [7, 11) is 0. The molecule has 2 aromatic rings. The van der Waals surface area contributed by atoms with Crippen molar-refractivity contribution in [2.24, 2.45) is 5.10 Å². The number of benzene rings is 2. The first-order chi connectivity index (χ1) is 11.9. The molecule has 0 unspecified atom stereocenters. The third kappa shape index (κ3) is 5.39. The molecular weight excluding hydrogens is 509 g/mol. The van der Waals surface area contributed by atoms with Gasteiger partial charge in [-0.1, -0.05) is 28.1 Å². The first kappa shape index (κ1) is 19.1. The van der Waals surface area contributed by atoms with Crippen LogP contribution in [0.3, 0.4) is 0 Å². The summed E-state index contributed by atoms with van der Waals surface area (Å²) in [5.74, 6) is -0.567. The highest BCUT2D eigenvalue weighted by atomic mass is 127. The van der Waals surface area contributed by atoms with Crippen LogP contribution in [0.4, 0.5) is 5.69 Å². The molecule has 10 heteroatoms. The predicted molar refractivity (Wildman–Crippen MR) is 103 cm³/mol. The lowest BCUT2D eigenvalue weighted by Crippen LogP contribution is -2.24. The number of phenolic OH excluding ortho intramolecular Hbond substituents is 1. The summed E-state index contributed by atoms with van der Waals surface area (Å²) >= 11 is 5.26. The fourth-order valence-electron chi connectivity index (χ4n) is 1.76. The smallest absolute Gasteiger partial charge is 0.310 e. The van der Waals surface area contributed by atoms with Crippen LogP contribution >= 0.6 is 38.5 Å². The summed E-state index contributed by atoms with van der Waals surface area (Å²) in [6.07, 6.45) is 1.28. The van der Waals surface area contributed by atoms with Gasteiger partial charge >= 0.3 is 5.69 Å². The molecule has 25 heavy (non-hydrogen) atoms. The molecule has 2 N–H and O–H groups in total. The Morgan fingerprint density at radius 2 is 2.16 bits per heavy atom. The number of hydrazone groups is 1. The second-order valence-electron chi connectivity index (χ2n) is 4.63. The maximum absolute atomic E-state index is 11.7. The van der Waals surface area contributed by atoms with E-state index in [0.717, 1.165) is 4.47 Å². The zero-order valence-corrected chi connectivity index (χ0v) is 16.2. The van der Waals surface area contributed by atoms with Crippen LogP contribution in [-0.2, 0) is 4.79 Å². The van der Waals surface area contributed by atoms with Crippen molar-refractivity contribution in [3.63, 3.8) is 0 Å². The van der Waals surface area contributed by atoms with Crippen LogP contribution in [0.2, 0.25) is 0 Å². The number of carbonyl (C=O) groups is 1. The Balaban J connectivity index is 1.95. The van der Waals surface area contributed by atoms with E-state index in [9.17, 15) is 20.0 Å². The summed E-state index contributed by atoms with van der Waals surface area (Å²) in [5.41, 5.74) is 2.41. The Bertz CT molecular complexity index is 844. The number of halogens is 2. The number of carbonyl (C=O) groups excluding carboxylic acids is 1. The molecule has 0 aliphatic carbocycles. The van der Waals surface area contributed by atoms with Crippen molar-refractivity contribution in [2.75, 3.05) is 6.61 Å². The van der Waals surface area contributed by atoms with E-state index in [2.05, 4.69) is 26.5 Å². The van der Waals surface area contributed by atoms with Crippen LogP contribution in [0, 0.1) is 13.7 Å². The minimum atomic E-state index is -0.599. The molecule has 0 atom stereocenters. The number of aromatic hydroxyl groups is 1. The second kappa shape index (κ2) is 8.76. The topological polar surface area (TPSA) is 114 Å². The van der Waals surface area contributed by atoms with Gasteiger partial charge in [0.15, 0.2) is 12.4 Å². The van der Waals surface area contributed by atoms with Crippen LogP contribution in [0.15, 0.2) is 46.0 Å². The van der Waals surface area contributed by atoms with Crippen molar-refractivity contribution < 1.29 is 19.6 Å². The number of nitrogens with one attached hydrogen (secondary N) is 1. The molecule has 0 radical (unpaired) electrons. The number of hydrogen-bond donors (Lipinski definition) is 2. The van der Waals surface area contributed by atoms with Gasteiger partial charge in [-0.25, -0.2) is 5.43 Å². The molecule has 8 nitrogen and oxygen atoms in total. The fourth-order valence-corrected chi connectivity index (χ4v) is 3.31. The van der Waals surface area contributed by atoms with Crippen molar-refractivity contribution >= 4 is 56.3 Å². The summed E-state index contributed by atoms with van der Waals surface area (Å²) in [6.45, 7) is -0.440. The van der Waals surface area contributed by atoms with Gasteiger partial charge in [0.2, 0.25) is 0 Å². The van der Waals surface area contributed by atoms with Gasteiger partial charge in [0, 0.05) is 16.1 Å². The predicted octanol–water partition coefficient (Wildman–Crippen LogP) is 3.20. The Labute approximate surface area is 164 Å². The van der Waals surface area contributed by atoms with Crippen molar-refractivity contribution in [1.29, 1.82) is 0 Å². The molecule has 0 fully saturated rings. The third-order valence-corrected chi connectivity index (χ3v) is 4.15. The highest BCUT2D eigenvalue weighted by Gasteiger charge is 2.14. The average molecular weight is 520 g/mol. The van der Waals surface area contributed by atoms with Crippen LogP contribution in [0.5, 0.6) is 11.5 Å². The van der Waals surface area contributed by atoms with E-state index in [4.69, 9.17) is 4.74 Å². The summed E-state index contributed by atoms with van der Waals surface area (Å²) in [6, 6.07) is 9.11. The quantitative estimate of drug-likeness (QED) is 0.263. The van der Waals surface area contributed by atoms with Crippen molar-refractivity contribution in [3.05, 3.63) is 60.1 Å². The van der Waals surface area contributed by atoms with Crippen molar-refractivity contribution in [3.8, 4) is 11.5 Å². The molecule has 2 aromatic carbocycles. The van der Waals surface area contributed by atoms with E-state index in [-0.39, 0.29) is 17.2 Å². The number of nitro groups is 1. The van der Waals surface area contributed by atoms with Gasteiger partial charge in [-0.3, -0.25) is 14.9 Å². The summed E-state index contributed by atoms with van der Waals surface area (Å²) < 4.78 is 6.52. The van der Waals surface area contributed by atoms with E-state index in [1.54, 1.807) is 18.2 Å². The van der Waals surface area contributed by atoms with Crippen LogP contribution in [0.1, 0.15) is 5.56 Å². The molecule has 0 aromatic heterocycles. The maximum atomic E-state index is 11.7. The summed E-state index contributed by atoms with van der Waals surface area (Å²) in [4.78, 5) is 22.0. The number of hydrogen-bond acceptors (Lipinski definition) is 6. The summed E-state index contributed by atoms with van der Waals surface area (Å²) in [5, 5.41) is 24.5. The van der Waals surface area contributed by atoms with Crippen LogP contribution < -0.4 is 10.2 Å². The average Bonchev–Trinajstić information content (AvgIpc) is 2.57. The molecule has 0 heterocycles. The number of rotatable bonds is 6. The molecular formula is C15H11BrIN3O5. The van der Waals surface area contributed by atoms with Gasteiger partial charge < -0.3 is 9.84 Å². The molecule has 1 amide bonds. The lowest BCUT2D eigenvalue weighted by molar-refractivity contribution is -0.385. The van der Waals surface area contributed by atoms with Gasteiger partial charge in [0.05, 0.1) is 14.7 Å². The van der Waals surface area contributed by atoms with Gasteiger partial charge in [-0.15, -0.1) is 0 Å². The fraction of sp³-hybridized carbons (Fsp3) is 0.0667. The van der Waals surface area contributed by atoms with Crippen molar-refractivity contribution in [1.82, 2.24) is 5.43 Å². The maximum Gasteiger partial charge on any atom is 0.310 e. The zero-order chi connectivity index (χ0) is 18.4. The minimum Gasteiger partial charge on any atom is -0.506 e. The standard InChI is InChI=1S/C15H11BrIN3O5/c16-10-5-9(15(22)11(17)6-10)7-18-19-14(21)8-25-13-4-2-1-3-12(13)20(23)24/h1-7,22H,8H2,(H,19,21)/b18-7-. The van der Waals surface area contributed by atoms with E-state index >= 15 is 0 Å². The molecule has 130 valence electrons. The second-order valence-corrected chi connectivity index (χ2v) is 6.71. The lowest BCUT2D eigenvalue weighted by Gasteiger charge is -2.05. The van der Waals surface area contributed by atoms with Gasteiger partial charge in [0.25, 0.3) is 5.91 Å². The monoisotopic (exact) mass is 519 g/mol. The number of ether oxygens (including phenoxy) is 1. The number of nitrogens with zero attached hydrogens (tertiary/aromatic N) is 2. The van der Waals surface area contributed by atoms with Crippen molar-refractivity contribution in [2.45, 2.75) is 0 Å². The van der Waals surface area contributed by atoms with E-state index in [1.807, 2.05) is 22.6 Å². The number of amides is 1. The van der Waals surface area contributed by atoms with E-state index in [0.29, 0.717) is 9.13 Å². The highest BCUT2D eigenvalue weighted by Crippen LogP contribution is 2.27. The lowest BCUT2D eigenvalue weighted by atomic mass is 10.2. The molecule has 0 aliphatic rings. The molecule has 0 bridgehead atoms. The largest absolute Gasteiger partial charge is 0.506 e. The van der Waals surface area contributed by atoms with Gasteiger partial charge in [-0.05, 0) is 40.8 Å². The number of para-hydroxylation sites is 2. The Kier molecular flexibility index (Phi) is 6.70. The Hall–Kier alpha value is -2.21. The SMILES string of the molecule is O=C(COc1ccccc1[N+](=O)[O-])N/N=C\c1cc(Br)cc(I)c1O. The minimum absolute atomic E-state index is 0.00850. The first-order valence-electron chi connectivity index (χ1n) is 6.74. The first-order valence-corrected chi connectivity index (χ1v) is 8.62. The van der Waals surface area contributed by atoms with Crippen LogP contribution in [0.25, 0.3) is 0 Å². The molecule has 0 aliphatic heterocycles. The van der Waals surface area contributed by atoms with E-state index in [1.165, 1.54) is 24.4 Å². The van der Waals surface area contributed by atoms with Gasteiger partial charge in [-0.2, -0.15) is 5.10 Å². The zero-order valence-electron chi connectivity index (χ0n) is 12.5. The molecule has 2 rings (SSSR count). The third-order valence-electron chi connectivity index (χ3n) is 2.87. The normalized spacial score (nSPS) is 10.6. The molecule has 0 spiro atoms. The highest BCUT2D eigenvalue weighted by molar-refractivity contribution is 14.1. The number of phenols is 1. The molecule has 0 saturated carbocycles. The number of nitro benzene ring substituents is 1. The van der Waals surface area contributed by atoms with Gasteiger partial charge in [0.1, 0.15) is 5.75 Å². The Morgan fingerprint density at radius 1 is 1.44 bits per heavy atom. The molecule has 0 saturated heterocycles. The van der Waals surface area contributed by atoms with Crippen LogP contribution in [-0.4, -0.2) is 28.8 Å². The Morgan fingerprint density at radius 3 is 2.88 bits per heavy atom.